The van der Waals surface area contributed by atoms with Crippen LogP contribution < -0.4 is 10.1 Å². The zero-order chi connectivity index (χ0) is 14.1. The first-order chi connectivity index (χ1) is 9.21. The van der Waals surface area contributed by atoms with Crippen LogP contribution in [0.2, 0.25) is 0 Å². The summed E-state index contributed by atoms with van der Waals surface area (Å²) < 4.78 is 17.4. The van der Waals surface area contributed by atoms with Crippen LogP contribution in [0.1, 0.15) is 38.8 Å². The molecule has 0 bridgehead atoms. The molecule has 0 amide bonds. The van der Waals surface area contributed by atoms with Crippen molar-refractivity contribution in [2.24, 2.45) is 0 Å². The second kappa shape index (κ2) is 9.10. The van der Waals surface area contributed by atoms with Crippen molar-refractivity contribution in [2.45, 2.75) is 33.2 Å². The van der Waals surface area contributed by atoms with Crippen LogP contribution in [0.3, 0.4) is 0 Å². The van der Waals surface area contributed by atoms with Gasteiger partial charge in [0.2, 0.25) is 0 Å². The summed E-state index contributed by atoms with van der Waals surface area (Å²) >= 11 is 0. The van der Waals surface area contributed by atoms with Crippen molar-refractivity contribution in [2.75, 3.05) is 24.7 Å². The normalized spacial score (nSPS) is 14.1. The Balaban J connectivity index is 2.71. The van der Waals surface area contributed by atoms with Crippen LogP contribution in [0, 0.1) is 0 Å². The highest BCUT2D eigenvalue weighted by molar-refractivity contribution is 7.85. The first-order valence-electron chi connectivity index (χ1n) is 7.02. The Morgan fingerprint density at radius 1 is 1.21 bits per heavy atom. The molecule has 108 valence electrons. The van der Waals surface area contributed by atoms with Crippen molar-refractivity contribution >= 4 is 10.8 Å². The van der Waals surface area contributed by atoms with E-state index >= 15 is 0 Å². The standard InChI is InChI=1S/C15H25NO2S/c1-4-11-19(17)12-15(16-5-2)13-7-9-14(10-8-13)18-6-3/h7-10,15-16H,4-6,11-12H2,1-3H3. The zero-order valence-electron chi connectivity index (χ0n) is 12.1. The van der Waals surface area contributed by atoms with Gasteiger partial charge in [-0.25, -0.2) is 0 Å². The van der Waals surface area contributed by atoms with Gasteiger partial charge in [0.25, 0.3) is 0 Å². The van der Waals surface area contributed by atoms with Crippen LogP contribution in [-0.2, 0) is 10.8 Å². The number of hydrogen-bond acceptors (Lipinski definition) is 3. The maximum absolute atomic E-state index is 11.9. The third-order valence-electron chi connectivity index (χ3n) is 2.83. The van der Waals surface area contributed by atoms with Crippen molar-refractivity contribution in [3.05, 3.63) is 29.8 Å². The van der Waals surface area contributed by atoms with Crippen LogP contribution in [-0.4, -0.2) is 28.9 Å². The van der Waals surface area contributed by atoms with Crippen LogP contribution in [0.15, 0.2) is 24.3 Å². The van der Waals surface area contributed by atoms with E-state index in [1.165, 1.54) is 5.56 Å². The Labute approximate surface area is 119 Å². The first kappa shape index (κ1) is 16.2. The van der Waals surface area contributed by atoms with E-state index in [2.05, 4.69) is 31.3 Å². The summed E-state index contributed by atoms with van der Waals surface area (Å²) in [6, 6.07) is 8.23. The van der Waals surface area contributed by atoms with Crippen molar-refractivity contribution in [1.29, 1.82) is 0 Å². The van der Waals surface area contributed by atoms with E-state index in [0.29, 0.717) is 12.4 Å². The molecule has 4 heteroatoms. The highest BCUT2D eigenvalue weighted by atomic mass is 32.2. The number of benzene rings is 1. The number of nitrogens with one attached hydrogen (secondary N) is 1. The third kappa shape index (κ3) is 5.74. The molecular weight excluding hydrogens is 258 g/mol. The van der Waals surface area contributed by atoms with Gasteiger partial charge in [-0.15, -0.1) is 0 Å². The number of ether oxygens (including phenoxy) is 1. The minimum atomic E-state index is -0.755. The predicted molar refractivity (Wildman–Crippen MR) is 82.2 cm³/mol. The van der Waals surface area contributed by atoms with Gasteiger partial charge >= 0.3 is 0 Å². The monoisotopic (exact) mass is 283 g/mol. The van der Waals surface area contributed by atoms with Gasteiger partial charge in [0.15, 0.2) is 0 Å². The molecule has 2 atom stereocenters. The van der Waals surface area contributed by atoms with Crippen molar-refractivity contribution in [1.82, 2.24) is 5.32 Å². The summed E-state index contributed by atoms with van der Waals surface area (Å²) in [6.45, 7) is 7.67. The summed E-state index contributed by atoms with van der Waals surface area (Å²) in [5.41, 5.74) is 1.18. The predicted octanol–water partition coefficient (Wildman–Crippen LogP) is 2.89. The molecule has 0 aromatic heterocycles. The maximum Gasteiger partial charge on any atom is 0.119 e. The quantitative estimate of drug-likeness (QED) is 0.757. The molecule has 19 heavy (non-hydrogen) atoms. The zero-order valence-corrected chi connectivity index (χ0v) is 13.0. The smallest absolute Gasteiger partial charge is 0.119 e. The Morgan fingerprint density at radius 2 is 1.89 bits per heavy atom. The van der Waals surface area contributed by atoms with E-state index in [-0.39, 0.29) is 6.04 Å². The molecule has 1 aromatic rings. The van der Waals surface area contributed by atoms with Crippen LogP contribution in [0.4, 0.5) is 0 Å². The van der Waals surface area contributed by atoms with Gasteiger partial charge in [-0.05, 0) is 37.6 Å². The van der Waals surface area contributed by atoms with Crippen LogP contribution >= 0.6 is 0 Å². The molecule has 3 nitrogen and oxygen atoms in total. The van der Waals surface area contributed by atoms with Gasteiger partial charge in [0, 0.05) is 28.3 Å². The molecule has 0 aliphatic carbocycles. The molecule has 0 aliphatic heterocycles. The minimum Gasteiger partial charge on any atom is -0.494 e. The van der Waals surface area contributed by atoms with Crippen LogP contribution in [0.25, 0.3) is 0 Å². The SMILES string of the molecule is CCCS(=O)CC(NCC)c1ccc(OCC)cc1. The molecule has 0 radical (unpaired) electrons. The molecule has 1 rings (SSSR count). The third-order valence-corrected chi connectivity index (χ3v) is 4.40. The van der Waals surface area contributed by atoms with E-state index in [1.807, 2.05) is 19.1 Å². The lowest BCUT2D eigenvalue weighted by Gasteiger charge is -2.18. The largest absolute Gasteiger partial charge is 0.494 e. The van der Waals surface area contributed by atoms with E-state index < -0.39 is 10.8 Å². The van der Waals surface area contributed by atoms with Crippen molar-refractivity contribution in [3.8, 4) is 5.75 Å². The Hall–Kier alpha value is -0.870. The van der Waals surface area contributed by atoms with Crippen molar-refractivity contribution < 1.29 is 8.95 Å². The molecule has 0 heterocycles. The van der Waals surface area contributed by atoms with Gasteiger partial charge in [0.1, 0.15) is 5.75 Å². The van der Waals surface area contributed by atoms with Gasteiger partial charge in [-0.2, -0.15) is 0 Å². The second-order valence-corrected chi connectivity index (χ2v) is 6.04. The van der Waals surface area contributed by atoms with Gasteiger partial charge in [-0.1, -0.05) is 26.0 Å². The summed E-state index contributed by atoms with van der Waals surface area (Å²) in [4.78, 5) is 0. The first-order valence-corrected chi connectivity index (χ1v) is 8.51. The lowest BCUT2D eigenvalue weighted by Crippen LogP contribution is -2.26. The highest BCUT2D eigenvalue weighted by Gasteiger charge is 2.13. The molecule has 1 aromatic carbocycles. The van der Waals surface area contributed by atoms with E-state index in [0.717, 1.165) is 24.5 Å². The average Bonchev–Trinajstić information content (AvgIpc) is 2.40. The summed E-state index contributed by atoms with van der Waals surface area (Å²) in [7, 11) is -0.755. The molecule has 0 fully saturated rings. The van der Waals surface area contributed by atoms with Crippen molar-refractivity contribution in [3.63, 3.8) is 0 Å². The maximum atomic E-state index is 11.9. The van der Waals surface area contributed by atoms with Crippen LogP contribution in [0.5, 0.6) is 5.75 Å². The lowest BCUT2D eigenvalue weighted by atomic mass is 10.1. The molecule has 1 N–H and O–H groups in total. The molecule has 0 saturated heterocycles. The molecule has 0 saturated carbocycles. The Bertz CT molecular complexity index is 378. The molecule has 0 spiro atoms. The highest BCUT2D eigenvalue weighted by Crippen LogP contribution is 2.19. The minimum absolute atomic E-state index is 0.160. The van der Waals surface area contributed by atoms with Gasteiger partial charge < -0.3 is 10.1 Å². The number of hydrogen-bond donors (Lipinski definition) is 1. The average molecular weight is 283 g/mol. The summed E-state index contributed by atoms with van der Waals surface area (Å²) in [5, 5.41) is 3.41. The fraction of sp³-hybridized carbons (Fsp3) is 0.600. The Kier molecular flexibility index (Phi) is 7.75. The van der Waals surface area contributed by atoms with E-state index in [4.69, 9.17) is 4.74 Å². The second-order valence-electron chi connectivity index (χ2n) is 4.42. The molecular formula is C15H25NO2S. The Morgan fingerprint density at radius 3 is 2.42 bits per heavy atom. The summed E-state index contributed by atoms with van der Waals surface area (Å²) in [5.74, 6) is 2.34. The van der Waals surface area contributed by atoms with E-state index in [9.17, 15) is 4.21 Å². The van der Waals surface area contributed by atoms with E-state index in [1.54, 1.807) is 0 Å². The molecule has 2 unspecified atom stereocenters. The lowest BCUT2D eigenvalue weighted by molar-refractivity contribution is 0.340. The number of rotatable bonds is 9. The molecule has 0 aliphatic rings. The topological polar surface area (TPSA) is 38.3 Å². The van der Waals surface area contributed by atoms with Gasteiger partial charge in [0.05, 0.1) is 6.61 Å². The van der Waals surface area contributed by atoms with Gasteiger partial charge in [-0.3, -0.25) is 4.21 Å². The summed E-state index contributed by atoms with van der Waals surface area (Å²) in [6.07, 6.45) is 0.967. The fourth-order valence-corrected chi connectivity index (χ4v) is 3.28. The fourth-order valence-electron chi connectivity index (χ4n) is 1.98.